The van der Waals surface area contributed by atoms with Gasteiger partial charge < -0.3 is 15.4 Å². The number of fused-ring (bicyclic) bond motifs is 1. The van der Waals surface area contributed by atoms with Crippen molar-refractivity contribution in [3.8, 4) is 0 Å². The molecule has 1 aliphatic rings. The van der Waals surface area contributed by atoms with Gasteiger partial charge in [-0.05, 0) is 48.0 Å². The molecule has 3 N–H and O–H groups in total. The second kappa shape index (κ2) is 10.5. The predicted molar refractivity (Wildman–Crippen MR) is 126 cm³/mol. The van der Waals surface area contributed by atoms with E-state index >= 15 is 0 Å². The van der Waals surface area contributed by atoms with Crippen molar-refractivity contribution in [2.24, 2.45) is 5.73 Å². The van der Waals surface area contributed by atoms with Crippen molar-refractivity contribution in [2.75, 3.05) is 11.4 Å². The number of rotatable bonds is 3. The number of carboxylic acid groups (broad SMARTS) is 1. The fraction of sp³-hybridized carbons (Fsp3) is 0.0435. The molecule has 174 valence electrons. The first kappa shape index (κ1) is 24.9. The summed E-state index contributed by atoms with van der Waals surface area (Å²) >= 11 is 3.83. The van der Waals surface area contributed by atoms with Gasteiger partial charge in [-0.15, -0.1) is 0 Å². The molecule has 0 radical (unpaired) electrons. The number of aromatic nitrogens is 1. The van der Waals surface area contributed by atoms with Gasteiger partial charge in [0.05, 0.1) is 28.9 Å². The number of hydrogen-bond acceptors (Lipinski definition) is 6. The van der Waals surface area contributed by atoms with Crippen molar-refractivity contribution in [3.05, 3.63) is 98.9 Å². The molecule has 0 aliphatic carbocycles. The highest BCUT2D eigenvalue weighted by Crippen LogP contribution is 2.35. The molecule has 1 aliphatic heterocycles. The van der Waals surface area contributed by atoms with Gasteiger partial charge in [0.15, 0.2) is 0 Å². The number of benzene rings is 2. The zero-order valence-electron chi connectivity index (χ0n) is 17.6. The van der Waals surface area contributed by atoms with Crippen molar-refractivity contribution in [1.29, 1.82) is 0 Å². The molecule has 0 fully saturated rings. The lowest BCUT2D eigenvalue weighted by atomic mass is 10.0. The van der Waals surface area contributed by atoms with Crippen LogP contribution in [0.1, 0.15) is 36.6 Å². The molecule has 34 heavy (non-hydrogen) atoms. The van der Waals surface area contributed by atoms with Gasteiger partial charge in [-0.2, -0.15) is 4.31 Å². The molecule has 1 unspecified atom stereocenters. The Morgan fingerprint density at radius 3 is 2.38 bits per heavy atom. The first-order chi connectivity index (χ1) is 16.1. The SMILES string of the molecule is CN1c2ccc(C(=O)O)cc2C(=O)/C(=C/c2ccc(Cl)c(F)c2)[S+]1[O-].NC(=O)c1ccncc1. The summed E-state index contributed by atoms with van der Waals surface area (Å²) in [4.78, 5) is 37.9. The Labute approximate surface area is 201 Å². The highest BCUT2D eigenvalue weighted by molar-refractivity contribution is 7.97. The summed E-state index contributed by atoms with van der Waals surface area (Å²) in [5.74, 6) is -2.82. The third-order valence-corrected chi connectivity index (χ3v) is 6.37. The number of carbonyl (C=O) groups is 3. The summed E-state index contributed by atoms with van der Waals surface area (Å²) in [6, 6.07) is 11.1. The summed E-state index contributed by atoms with van der Waals surface area (Å²) in [7, 11) is 1.53. The molecule has 8 nitrogen and oxygen atoms in total. The number of anilines is 1. The van der Waals surface area contributed by atoms with Crippen LogP contribution < -0.4 is 10.0 Å². The lowest BCUT2D eigenvalue weighted by Gasteiger charge is -2.29. The minimum Gasteiger partial charge on any atom is -0.588 e. The number of ketones is 1. The van der Waals surface area contributed by atoms with Gasteiger partial charge in [-0.1, -0.05) is 17.7 Å². The van der Waals surface area contributed by atoms with Gasteiger partial charge in [0, 0.05) is 24.0 Å². The molecule has 0 saturated carbocycles. The summed E-state index contributed by atoms with van der Waals surface area (Å²) in [6.45, 7) is 0. The van der Waals surface area contributed by atoms with Gasteiger partial charge in [-0.25, -0.2) is 9.18 Å². The van der Waals surface area contributed by atoms with Crippen LogP contribution in [0.5, 0.6) is 0 Å². The van der Waals surface area contributed by atoms with E-state index in [9.17, 15) is 23.3 Å². The van der Waals surface area contributed by atoms with Crippen LogP contribution in [0, 0.1) is 5.82 Å². The summed E-state index contributed by atoms with van der Waals surface area (Å²) in [5, 5.41) is 9.03. The van der Waals surface area contributed by atoms with Gasteiger partial charge in [-0.3, -0.25) is 14.6 Å². The average Bonchev–Trinajstić information content (AvgIpc) is 2.83. The molecule has 2 aromatic carbocycles. The Bertz CT molecular complexity index is 1300. The molecule has 1 atom stereocenters. The van der Waals surface area contributed by atoms with Crippen molar-refractivity contribution in [1.82, 2.24) is 4.98 Å². The van der Waals surface area contributed by atoms with Crippen LogP contribution in [0.25, 0.3) is 6.08 Å². The fourth-order valence-electron chi connectivity index (χ4n) is 2.96. The number of carbonyl (C=O) groups excluding carboxylic acids is 2. The molecule has 0 saturated heterocycles. The Hall–Kier alpha value is -3.73. The number of pyridine rings is 1. The number of primary amides is 1. The molecule has 4 rings (SSSR count). The molecule has 1 aromatic heterocycles. The van der Waals surface area contributed by atoms with Crippen LogP contribution in [-0.2, 0) is 11.4 Å². The van der Waals surface area contributed by atoms with E-state index in [1.807, 2.05) is 0 Å². The van der Waals surface area contributed by atoms with Gasteiger partial charge in [0.1, 0.15) is 17.2 Å². The maximum atomic E-state index is 13.6. The van der Waals surface area contributed by atoms with Crippen LogP contribution in [0.2, 0.25) is 5.02 Å². The smallest absolute Gasteiger partial charge is 0.335 e. The monoisotopic (exact) mass is 501 g/mol. The second-order valence-corrected chi connectivity index (χ2v) is 8.79. The fourth-order valence-corrected chi connectivity index (χ4v) is 4.22. The quantitative estimate of drug-likeness (QED) is 0.412. The number of aromatic carboxylic acids is 1. The van der Waals surface area contributed by atoms with E-state index in [1.54, 1.807) is 12.1 Å². The highest BCUT2D eigenvalue weighted by atomic mass is 35.5. The summed E-state index contributed by atoms with van der Waals surface area (Å²) in [6.07, 6.45) is 4.37. The predicted octanol–water partition coefficient (Wildman–Crippen LogP) is 3.70. The zero-order valence-corrected chi connectivity index (χ0v) is 19.1. The standard InChI is InChI=1S/C17H11ClFNO4S.C6H6N2O/c1-20-14-5-3-10(17(22)23)8-11(14)16(21)15(25(20)24)7-9-2-4-12(18)13(19)6-9;7-6(9)5-1-3-8-4-2-5/h2-8H,1H3,(H,22,23);1-4H,(H2,7,9)/b15-7-;. The third kappa shape index (κ3) is 5.42. The van der Waals surface area contributed by atoms with E-state index in [-0.39, 0.29) is 21.1 Å². The van der Waals surface area contributed by atoms with E-state index in [0.29, 0.717) is 16.8 Å². The zero-order chi connectivity index (χ0) is 25.0. The second-order valence-electron chi connectivity index (χ2n) is 6.90. The Balaban J connectivity index is 0.000000302. The van der Waals surface area contributed by atoms with Crippen molar-refractivity contribution < 1.29 is 28.4 Å². The molecular formula is C23H17ClFN3O5S. The van der Waals surface area contributed by atoms with E-state index in [0.717, 1.165) is 6.07 Å². The number of carboxylic acids is 1. The lowest BCUT2D eigenvalue weighted by Crippen LogP contribution is -2.36. The van der Waals surface area contributed by atoms with E-state index in [1.165, 1.54) is 60.2 Å². The van der Waals surface area contributed by atoms with Crippen LogP contribution >= 0.6 is 11.6 Å². The van der Waals surface area contributed by atoms with E-state index in [2.05, 4.69) is 4.98 Å². The molecule has 3 aromatic rings. The third-order valence-electron chi connectivity index (χ3n) is 4.69. The van der Waals surface area contributed by atoms with Crippen LogP contribution in [-0.4, -0.2) is 39.4 Å². The number of hydrogen-bond donors (Lipinski definition) is 2. The Morgan fingerprint density at radius 2 is 1.82 bits per heavy atom. The first-order valence-electron chi connectivity index (χ1n) is 9.54. The van der Waals surface area contributed by atoms with E-state index in [4.69, 9.17) is 22.4 Å². The summed E-state index contributed by atoms with van der Waals surface area (Å²) in [5.41, 5.74) is 6.21. The topological polar surface area (TPSA) is 137 Å². The first-order valence-corrected chi connectivity index (χ1v) is 11.0. The van der Waals surface area contributed by atoms with Crippen molar-refractivity contribution in [2.45, 2.75) is 0 Å². The summed E-state index contributed by atoms with van der Waals surface area (Å²) < 4.78 is 27.5. The van der Waals surface area contributed by atoms with Crippen LogP contribution in [0.3, 0.4) is 0 Å². The molecular weight excluding hydrogens is 485 g/mol. The average molecular weight is 502 g/mol. The number of amides is 1. The lowest BCUT2D eigenvalue weighted by molar-refractivity contribution is 0.0696. The van der Waals surface area contributed by atoms with Gasteiger partial charge in [0.25, 0.3) is 0 Å². The van der Waals surface area contributed by atoms with Crippen molar-refractivity contribution in [3.63, 3.8) is 0 Å². The Morgan fingerprint density at radius 1 is 1.15 bits per heavy atom. The molecule has 2 heterocycles. The van der Waals surface area contributed by atoms with Crippen LogP contribution in [0.15, 0.2) is 65.8 Å². The molecule has 11 heteroatoms. The number of Topliss-reactive ketones (excluding diaryl/α,β-unsaturated/α-hetero) is 1. The largest absolute Gasteiger partial charge is 0.588 e. The Kier molecular flexibility index (Phi) is 7.67. The van der Waals surface area contributed by atoms with Crippen LogP contribution in [0.4, 0.5) is 10.1 Å². The number of allylic oxidation sites excluding steroid dienone is 1. The van der Waals surface area contributed by atoms with E-state index < -0.39 is 34.8 Å². The maximum Gasteiger partial charge on any atom is 0.335 e. The molecule has 1 amide bonds. The number of nitrogens with zero attached hydrogens (tertiary/aromatic N) is 2. The number of nitrogens with two attached hydrogens (primary N) is 1. The molecule has 0 spiro atoms. The minimum absolute atomic E-state index is 0.0509. The van der Waals surface area contributed by atoms with Gasteiger partial charge >= 0.3 is 5.97 Å². The number of halogens is 2. The van der Waals surface area contributed by atoms with Gasteiger partial charge in [0.2, 0.25) is 16.6 Å². The minimum atomic E-state index is -1.80. The molecule has 0 bridgehead atoms. The maximum absolute atomic E-state index is 13.6. The van der Waals surface area contributed by atoms with Crippen molar-refractivity contribution >= 4 is 52.4 Å². The highest BCUT2D eigenvalue weighted by Gasteiger charge is 2.38. The normalized spacial score (nSPS) is 15.9.